The van der Waals surface area contributed by atoms with Crippen LogP contribution in [-0.4, -0.2) is 60.2 Å². The number of rotatable bonds is 9. The normalized spacial score (nSPS) is 10.7. The Balaban J connectivity index is 2.01. The van der Waals surface area contributed by atoms with E-state index in [0.29, 0.717) is 28.8 Å². The number of methoxy groups -OCH3 is 3. The van der Waals surface area contributed by atoms with Crippen molar-refractivity contribution in [3.63, 3.8) is 0 Å². The van der Waals surface area contributed by atoms with E-state index in [1.807, 2.05) is 50.4 Å². The van der Waals surface area contributed by atoms with Gasteiger partial charge in [0.2, 0.25) is 17.8 Å². The molecule has 3 aromatic rings. The highest BCUT2D eigenvalue weighted by Crippen LogP contribution is 2.32. The molecule has 0 atom stereocenters. The Morgan fingerprint density at radius 2 is 1.68 bits per heavy atom. The Hall–Kier alpha value is -4.01. The number of hydrogen-bond acceptors (Lipinski definition) is 6. The fourth-order valence-corrected chi connectivity index (χ4v) is 3.52. The van der Waals surface area contributed by atoms with E-state index >= 15 is 0 Å². The van der Waals surface area contributed by atoms with Crippen LogP contribution in [-0.2, 0) is 9.59 Å². The summed E-state index contributed by atoms with van der Waals surface area (Å²) in [4.78, 5) is 30.9. The molecule has 0 saturated heterocycles. The number of carbonyl (C=O) groups is 2. The van der Waals surface area contributed by atoms with Gasteiger partial charge >= 0.3 is 0 Å². The summed E-state index contributed by atoms with van der Waals surface area (Å²) < 4.78 is 17.8. The van der Waals surface area contributed by atoms with Crippen molar-refractivity contribution < 1.29 is 23.8 Å². The Morgan fingerprint density at radius 1 is 1.00 bits per heavy atom. The molecule has 1 heterocycles. The second-order valence-electron chi connectivity index (χ2n) is 7.88. The minimum atomic E-state index is -0.350. The lowest BCUT2D eigenvalue weighted by Crippen LogP contribution is -2.41. The quantitative estimate of drug-likeness (QED) is 0.516. The zero-order valence-corrected chi connectivity index (χ0v) is 20.3. The van der Waals surface area contributed by atoms with Crippen LogP contribution in [0, 0.1) is 0 Å². The summed E-state index contributed by atoms with van der Waals surface area (Å²) in [5.41, 5.74) is 2.22. The first-order valence-corrected chi connectivity index (χ1v) is 10.8. The number of hydrogen-bond donors (Lipinski definition) is 1. The summed E-state index contributed by atoms with van der Waals surface area (Å²) in [6, 6.07) is 12.8. The molecule has 0 aliphatic rings. The van der Waals surface area contributed by atoms with Crippen LogP contribution in [0.4, 0.5) is 5.95 Å². The molecule has 0 saturated carbocycles. The summed E-state index contributed by atoms with van der Waals surface area (Å²) in [5, 5.41) is 2.85. The van der Waals surface area contributed by atoms with Crippen LogP contribution >= 0.6 is 0 Å². The van der Waals surface area contributed by atoms with Crippen LogP contribution in [0.15, 0.2) is 48.7 Å². The van der Waals surface area contributed by atoms with Crippen molar-refractivity contribution in [2.45, 2.75) is 26.8 Å². The minimum Gasteiger partial charge on any atom is -0.497 e. The van der Waals surface area contributed by atoms with Gasteiger partial charge in [-0.2, -0.15) is 0 Å². The fraction of sp³-hybridized carbons (Fsp3) is 0.320. The molecule has 2 amide bonds. The van der Waals surface area contributed by atoms with E-state index in [0.717, 1.165) is 11.3 Å². The second kappa shape index (κ2) is 10.7. The SMILES string of the molecule is COc1ccc(-c2cn(-c3ccc(OC)c(OC)c3)c(NC(=O)CN(C(C)=O)C(C)C)n2)cc1. The lowest BCUT2D eigenvalue weighted by molar-refractivity contribution is -0.134. The molecular formula is C25H30N4O5. The molecule has 9 heteroatoms. The molecule has 0 fully saturated rings. The van der Waals surface area contributed by atoms with Gasteiger partial charge in [-0.15, -0.1) is 0 Å². The first-order chi connectivity index (χ1) is 16.3. The van der Waals surface area contributed by atoms with E-state index in [9.17, 15) is 9.59 Å². The van der Waals surface area contributed by atoms with Gasteiger partial charge in [-0.05, 0) is 50.2 Å². The van der Waals surface area contributed by atoms with Crippen molar-refractivity contribution in [3.8, 4) is 34.2 Å². The van der Waals surface area contributed by atoms with E-state index in [1.165, 1.54) is 11.8 Å². The highest BCUT2D eigenvalue weighted by Gasteiger charge is 2.20. The Kier molecular flexibility index (Phi) is 7.78. The van der Waals surface area contributed by atoms with Crippen molar-refractivity contribution in [1.29, 1.82) is 0 Å². The van der Waals surface area contributed by atoms with E-state index in [-0.39, 0.29) is 24.4 Å². The number of nitrogens with one attached hydrogen (secondary N) is 1. The number of aromatic nitrogens is 2. The fourth-order valence-electron chi connectivity index (χ4n) is 3.52. The molecule has 180 valence electrons. The van der Waals surface area contributed by atoms with Gasteiger partial charge in [0.05, 0.1) is 32.7 Å². The first-order valence-electron chi connectivity index (χ1n) is 10.8. The number of imidazole rings is 1. The van der Waals surface area contributed by atoms with Gasteiger partial charge in [-0.25, -0.2) is 4.98 Å². The number of benzene rings is 2. The zero-order chi connectivity index (χ0) is 24.8. The predicted octanol–water partition coefficient (Wildman–Crippen LogP) is 3.76. The summed E-state index contributed by atoms with van der Waals surface area (Å²) in [5.74, 6) is 1.65. The molecule has 1 aromatic heterocycles. The molecule has 3 rings (SSSR count). The third-order valence-corrected chi connectivity index (χ3v) is 5.33. The van der Waals surface area contributed by atoms with Crippen LogP contribution in [0.25, 0.3) is 16.9 Å². The van der Waals surface area contributed by atoms with E-state index < -0.39 is 0 Å². The molecule has 0 spiro atoms. The van der Waals surface area contributed by atoms with Crippen molar-refractivity contribution >= 4 is 17.8 Å². The maximum Gasteiger partial charge on any atom is 0.246 e. The molecule has 0 aliphatic carbocycles. The first kappa shape index (κ1) is 24.6. The largest absolute Gasteiger partial charge is 0.497 e. The molecule has 0 bridgehead atoms. The minimum absolute atomic E-state index is 0.0797. The molecular weight excluding hydrogens is 436 g/mol. The van der Waals surface area contributed by atoms with Crippen LogP contribution in [0.5, 0.6) is 17.2 Å². The van der Waals surface area contributed by atoms with Gasteiger partial charge in [0.1, 0.15) is 12.3 Å². The number of anilines is 1. The van der Waals surface area contributed by atoms with Crippen molar-refractivity contribution in [2.75, 3.05) is 33.2 Å². The zero-order valence-electron chi connectivity index (χ0n) is 20.3. The average molecular weight is 467 g/mol. The van der Waals surface area contributed by atoms with E-state index in [2.05, 4.69) is 10.3 Å². The molecule has 0 unspecified atom stereocenters. The van der Waals surface area contributed by atoms with E-state index in [1.54, 1.807) is 38.0 Å². The van der Waals surface area contributed by atoms with Crippen LogP contribution in [0.3, 0.4) is 0 Å². The lowest BCUT2D eigenvalue weighted by Gasteiger charge is -2.24. The summed E-state index contributed by atoms with van der Waals surface area (Å²) >= 11 is 0. The Labute approximate surface area is 199 Å². The maximum atomic E-state index is 12.8. The molecule has 2 aromatic carbocycles. The monoisotopic (exact) mass is 466 g/mol. The third kappa shape index (κ3) is 5.48. The lowest BCUT2D eigenvalue weighted by atomic mass is 10.1. The van der Waals surface area contributed by atoms with Crippen molar-refractivity contribution in [1.82, 2.24) is 14.5 Å². The Morgan fingerprint density at radius 3 is 2.24 bits per heavy atom. The van der Waals surface area contributed by atoms with Gasteiger partial charge in [0, 0.05) is 30.8 Å². The molecule has 34 heavy (non-hydrogen) atoms. The molecule has 0 radical (unpaired) electrons. The highest BCUT2D eigenvalue weighted by molar-refractivity contribution is 5.93. The number of amides is 2. The van der Waals surface area contributed by atoms with Crippen molar-refractivity contribution in [3.05, 3.63) is 48.7 Å². The summed E-state index contributed by atoms with van der Waals surface area (Å²) in [7, 11) is 4.73. The Bertz CT molecular complexity index is 1150. The molecule has 1 N–H and O–H groups in total. The smallest absolute Gasteiger partial charge is 0.246 e. The second-order valence-corrected chi connectivity index (χ2v) is 7.88. The number of ether oxygens (including phenoxy) is 3. The highest BCUT2D eigenvalue weighted by atomic mass is 16.5. The average Bonchev–Trinajstić information content (AvgIpc) is 3.25. The third-order valence-electron chi connectivity index (χ3n) is 5.33. The number of carbonyl (C=O) groups excluding carboxylic acids is 2. The summed E-state index contributed by atoms with van der Waals surface area (Å²) in [6.45, 7) is 5.09. The van der Waals surface area contributed by atoms with Crippen LogP contribution < -0.4 is 19.5 Å². The van der Waals surface area contributed by atoms with Gasteiger partial charge in [0.15, 0.2) is 11.5 Å². The van der Waals surface area contributed by atoms with Gasteiger partial charge in [-0.1, -0.05) is 0 Å². The van der Waals surface area contributed by atoms with Crippen LogP contribution in [0.1, 0.15) is 20.8 Å². The maximum absolute atomic E-state index is 12.8. The predicted molar refractivity (Wildman–Crippen MR) is 130 cm³/mol. The topological polar surface area (TPSA) is 94.9 Å². The van der Waals surface area contributed by atoms with Gasteiger partial charge < -0.3 is 19.1 Å². The van der Waals surface area contributed by atoms with Crippen LogP contribution in [0.2, 0.25) is 0 Å². The van der Waals surface area contributed by atoms with Gasteiger partial charge in [0.25, 0.3) is 0 Å². The number of nitrogens with zero attached hydrogens (tertiary/aromatic N) is 3. The molecule has 9 nitrogen and oxygen atoms in total. The molecule has 0 aliphatic heterocycles. The standard InChI is InChI=1S/C25H30N4O5/c1-16(2)28(17(3)30)15-24(31)27-25-26-21(18-7-10-20(32-4)11-8-18)14-29(25)19-9-12-22(33-5)23(13-19)34-6/h7-14,16H,15H2,1-6H3,(H,26,27,31). The van der Waals surface area contributed by atoms with Gasteiger partial charge in [-0.3, -0.25) is 19.5 Å². The van der Waals surface area contributed by atoms with Crippen molar-refractivity contribution in [2.24, 2.45) is 0 Å². The van der Waals surface area contributed by atoms with E-state index in [4.69, 9.17) is 14.2 Å². The summed E-state index contributed by atoms with van der Waals surface area (Å²) in [6.07, 6.45) is 1.82.